The van der Waals surface area contributed by atoms with Gasteiger partial charge in [-0.25, -0.2) is 0 Å². The summed E-state index contributed by atoms with van der Waals surface area (Å²) < 4.78 is 38.5. The minimum Gasteiger partial charge on any atom is -0.397 e. The number of nitrogens with two attached hydrogens (primary N) is 1. The van der Waals surface area contributed by atoms with Gasteiger partial charge in [0.25, 0.3) is 11.8 Å². The highest BCUT2D eigenvalue weighted by molar-refractivity contribution is 6.07. The number of hydrogen-bond acceptors (Lipinski definition) is 5. The minimum atomic E-state index is -4.53. The summed E-state index contributed by atoms with van der Waals surface area (Å²) in [7, 11) is 0. The van der Waals surface area contributed by atoms with Crippen LogP contribution in [0.25, 0.3) is 0 Å². The summed E-state index contributed by atoms with van der Waals surface area (Å²) in [5.74, 6) is -0.753. The molecule has 0 unspecified atom stereocenters. The van der Waals surface area contributed by atoms with E-state index in [1.54, 1.807) is 43.5 Å². The number of amides is 2. The smallest absolute Gasteiger partial charge is 0.397 e. The highest BCUT2D eigenvalue weighted by atomic mass is 19.4. The summed E-state index contributed by atoms with van der Waals surface area (Å²) in [5, 5.41) is 8.44. The summed E-state index contributed by atoms with van der Waals surface area (Å²) in [5.41, 5.74) is 7.05. The molecule has 2 aromatic rings. The summed E-state index contributed by atoms with van der Waals surface area (Å²) in [6.45, 7) is 6.25. The number of hydrogen-bond donors (Lipinski definition) is 4. The third kappa shape index (κ3) is 9.00. The predicted molar refractivity (Wildman–Crippen MR) is 130 cm³/mol. The lowest BCUT2D eigenvalue weighted by Crippen LogP contribution is -2.31. The SMILES string of the molecule is CC(C)=C/C(=C\C=C(/C)NCCNC(=O)c1cccnc1)C(=O)Nc1ccc(C(F)(F)F)cc1N. The molecule has 0 radical (unpaired) electrons. The van der Waals surface area contributed by atoms with E-state index >= 15 is 0 Å². The fraction of sp³-hybridized carbons (Fsp3) is 0.240. The summed E-state index contributed by atoms with van der Waals surface area (Å²) in [6, 6.07) is 6.11. The molecule has 186 valence electrons. The topological polar surface area (TPSA) is 109 Å². The fourth-order valence-electron chi connectivity index (χ4n) is 2.86. The van der Waals surface area contributed by atoms with E-state index in [1.165, 1.54) is 6.20 Å². The molecule has 10 heteroatoms. The van der Waals surface area contributed by atoms with Gasteiger partial charge in [-0.15, -0.1) is 0 Å². The molecule has 1 heterocycles. The van der Waals surface area contributed by atoms with Crippen molar-refractivity contribution < 1.29 is 22.8 Å². The summed E-state index contributed by atoms with van der Waals surface area (Å²) in [6.07, 6.45) is 3.45. The average Bonchev–Trinajstić information content (AvgIpc) is 2.80. The highest BCUT2D eigenvalue weighted by Crippen LogP contribution is 2.33. The van der Waals surface area contributed by atoms with E-state index in [0.29, 0.717) is 18.7 Å². The molecule has 0 saturated heterocycles. The van der Waals surface area contributed by atoms with Crippen LogP contribution >= 0.6 is 0 Å². The first-order chi connectivity index (χ1) is 16.5. The van der Waals surface area contributed by atoms with Gasteiger partial charge in [0.15, 0.2) is 0 Å². The van der Waals surface area contributed by atoms with Gasteiger partial charge in [-0.05, 0) is 63.3 Å². The van der Waals surface area contributed by atoms with Gasteiger partial charge in [-0.2, -0.15) is 13.2 Å². The van der Waals surface area contributed by atoms with E-state index in [4.69, 9.17) is 5.73 Å². The van der Waals surface area contributed by atoms with Crippen molar-refractivity contribution in [2.24, 2.45) is 0 Å². The van der Waals surface area contributed by atoms with Gasteiger partial charge in [0.05, 0.1) is 22.5 Å². The molecule has 2 rings (SSSR count). The second kappa shape index (κ2) is 12.4. The number of nitrogens with zero attached hydrogens (tertiary/aromatic N) is 1. The van der Waals surface area contributed by atoms with E-state index in [2.05, 4.69) is 20.9 Å². The van der Waals surface area contributed by atoms with Crippen molar-refractivity contribution >= 4 is 23.2 Å². The van der Waals surface area contributed by atoms with Crippen LogP contribution in [0, 0.1) is 0 Å². The maximum absolute atomic E-state index is 12.8. The molecule has 5 N–H and O–H groups in total. The Morgan fingerprint density at radius 1 is 1.06 bits per heavy atom. The Morgan fingerprint density at radius 2 is 1.77 bits per heavy atom. The number of anilines is 2. The number of nitrogens with one attached hydrogen (secondary N) is 3. The molecule has 0 aliphatic rings. The zero-order valence-electron chi connectivity index (χ0n) is 19.7. The number of pyridine rings is 1. The van der Waals surface area contributed by atoms with Crippen LogP contribution in [0.3, 0.4) is 0 Å². The Balaban J connectivity index is 2.00. The Bertz CT molecular complexity index is 1140. The van der Waals surface area contributed by atoms with E-state index < -0.39 is 17.6 Å². The zero-order chi connectivity index (χ0) is 26.0. The number of allylic oxidation sites excluding steroid dienone is 4. The Labute approximate surface area is 202 Å². The van der Waals surface area contributed by atoms with Crippen LogP contribution < -0.4 is 21.7 Å². The van der Waals surface area contributed by atoms with Crippen molar-refractivity contribution in [3.8, 4) is 0 Å². The molecule has 7 nitrogen and oxygen atoms in total. The molecule has 0 bridgehead atoms. The predicted octanol–water partition coefficient (Wildman–Crippen LogP) is 4.44. The van der Waals surface area contributed by atoms with Gasteiger partial charge >= 0.3 is 6.18 Å². The number of carbonyl (C=O) groups is 2. The van der Waals surface area contributed by atoms with E-state index in [-0.39, 0.29) is 22.9 Å². The molecule has 0 aliphatic heterocycles. The van der Waals surface area contributed by atoms with Gasteiger partial charge < -0.3 is 21.7 Å². The standard InChI is InChI=1S/C25H28F3N5O2/c1-16(2)13-18(24(35)33-22-9-8-20(14-21(22)29)25(26,27)28)7-6-17(3)31-11-12-32-23(34)19-5-4-10-30-15-19/h4-10,13-15,31H,11-12,29H2,1-3H3,(H,32,34)(H,33,35)/b17-6+,18-7+. The Hall–Kier alpha value is -4.08. The van der Waals surface area contributed by atoms with Gasteiger partial charge in [-0.3, -0.25) is 14.6 Å². The Kier molecular flexibility index (Phi) is 9.63. The van der Waals surface area contributed by atoms with Crippen molar-refractivity contribution in [1.82, 2.24) is 15.6 Å². The zero-order valence-corrected chi connectivity index (χ0v) is 19.7. The van der Waals surface area contributed by atoms with Gasteiger partial charge in [0.2, 0.25) is 0 Å². The number of alkyl halides is 3. The van der Waals surface area contributed by atoms with Crippen molar-refractivity contribution in [2.45, 2.75) is 26.9 Å². The van der Waals surface area contributed by atoms with Crippen molar-refractivity contribution in [1.29, 1.82) is 0 Å². The molecule has 35 heavy (non-hydrogen) atoms. The van der Waals surface area contributed by atoms with Crippen LogP contribution in [0.4, 0.5) is 24.5 Å². The molecule has 0 saturated carbocycles. The van der Waals surface area contributed by atoms with E-state index in [0.717, 1.165) is 29.5 Å². The van der Waals surface area contributed by atoms with Gasteiger partial charge in [-0.1, -0.05) is 11.6 Å². The molecule has 0 atom stereocenters. The minimum absolute atomic E-state index is 0.0826. The number of benzene rings is 1. The lowest BCUT2D eigenvalue weighted by molar-refractivity contribution is -0.137. The number of rotatable bonds is 9. The van der Waals surface area contributed by atoms with Crippen molar-refractivity contribution in [3.05, 3.63) is 88.9 Å². The van der Waals surface area contributed by atoms with Crippen molar-refractivity contribution in [3.63, 3.8) is 0 Å². The Morgan fingerprint density at radius 3 is 2.37 bits per heavy atom. The van der Waals surface area contributed by atoms with Crippen LogP contribution in [0.5, 0.6) is 0 Å². The van der Waals surface area contributed by atoms with Crippen LogP contribution in [-0.4, -0.2) is 29.9 Å². The van der Waals surface area contributed by atoms with Gasteiger partial charge in [0.1, 0.15) is 0 Å². The van der Waals surface area contributed by atoms with E-state index in [9.17, 15) is 22.8 Å². The van der Waals surface area contributed by atoms with Gasteiger partial charge in [0, 0.05) is 36.8 Å². The summed E-state index contributed by atoms with van der Waals surface area (Å²) in [4.78, 5) is 28.7. The van der Waals surface area contributed by atoms with Crippen LogP contribution in [0.1, 0.15) is 36.7 Å². The molecule has 2 amide bonds. The molecular formula is C25H28F3N5O2. The first-order valence-electron chi connectivity index (χ1n) is 10.7. The number of carbonyl (C=O) groups excluding carboxylic acids is 2. The highest BCUT2D eigenvalue weighted by Gasteiger charge is 2.30. The lowest BCUT2D eigenvalue weighted by Gasteiger charge is -2.12. The van der Waals surface area contributed by atoms with Crippen molar-refractivity contribution in [2.75, 3.05) is 24.1 Å². The summed E-state index contributed by atoms with van der Waals surface area (Å²) >= 11 is 0. The monoisotopic (exact) mass is 487 g/mol. The largest absolute Gasteiger partial charge is 0.416 e. The molecule has 0 spiro atoms. The molecule has 1 aromatic carbocycles. The maximum Gasteiger partial charge on any atom is 0.416 e. The maximum atomic E-state index is 12.8. The lowest BCUT2D eigenvalue weighted by atomic mass is 10.1. The first-order valence-corrected chi connectivity index (χ1v) is 10.7. The number of aromatic nitrogens is 1. The second-order valence-corrected chi connectivity index (χ2v) is 7.87. The third-order valence-corrected chi connectivity index (χ3v) is 4.58. The first kappa shape index (κ1) is 27.2. The molecule has 1 aromatic heterocycles. The number of halogens is 3. The molecule has 0 fully saturated rings. The van der Waals surface area contributed by atoms with Crippen LogP contribution in [-0.2, 0) is 11.0 Å². The third-order valence-electron chi connectivity index (χ3n) is 4.58. The van der Waals surface area contributed by atoms with Crippen LogP contribution in [0.2, 0.25) is 0 Å². The molecular weight excluding hydrogens is 459 g/mol. The normalized spacial score (nSPS) is 12.1. The molecule has 0 aliphatic carbocycles. The van der Waals surface area contributed by atoms with E-state index in [1.807, 2.05) is 13.8 Å². The van der Waals surface area contributed by atoms with Crippen LogP contribution in [0.15, 0.2) is 77.8 Å². The quantitative estimate of drug-likeness (QED) is 0.181. The second-order valence-electron chi connectivity index (χ2n) is 7.87. The average molecular weight is 488 g/mol. The fourth-order valence-corrected chi connectivity index (χ4v) is 2.86. The number of nitrogen functional groups attached to an aromatic ring is 1.